The summed E-state index contributed by atoms with van der Waals surface area (Å²) >= 11 is 0. The summed E-state index contributed by atoms with van der Waals surface area (Å²) in [5.41, 5.74) is 2.49. The first-order valence-electron chi connectivity index (χ1n) is 7.40. The highest BCUT2D eigenvalue weighted by molar-refractivity contribution is 5.92. The van der Waals surface area contributed by atoms with Gasteiger partial charge in [-0.2, -0.15) is 5.10 Å². The number of H-pyrrole nitrogens is 1. The third kappa shape index (κ3) is 3.48. The molecule has 116 valence electrons. The van der Waals surface area contributed by atoms with E-state index in [1.807, 2.05) is 17.9 Å². The van der Waals surface area contributed by atoms with Gasteiger partial charge in [-0.1, -0.05) is 0 Å². The van der Waals surface area contributed by atoms with E-state index in [1.54, 1.807) is 18.6 Å². The van der Waals surface area contributed by atoms with Gasteiger partial charge in [-0.05, 0) is 31.9 Å². The van der Waals surface area contributed by atoms with Crippen molar-refractivity contribution in [3.8, 4) is 0 Å². The fraction of sp³-hybridized carbons (Fsp3) is 0.467. The molecule has 0 unspecified atom stereocenters. The van der Waals surface area contributed by atoms with Crippen molar-refractivity contribution in [1.82, 2.24) is 25.1 Å². The summed E-state index contributed by atoms with van der Waals surface area (Å²) in [6.07, 6.45) is 4.86. The number of carbonyl (C=O) groups excluding carboxylic acids is 1. The summed E-state index contributed by atoms with van der Waals surface area (Å²) in [5.74, 6) is -0.0244. The minimum absolute atomic E-state index is 0.0244. The summed E-state index contributed by atoms with van der Waals surface area (Å²) in [6.45, 7) is 3.73. The van der Waals surface area contributed by atoms with Crippen molar-refractivity contribution in [3.05, 3.63) is 41.7 Å². The first-order chi connectivity index (χ1) is 10.7. The van der Waals surface area contributed by atoms with E-state index in [-0.39, 0.29) is 12.0 Å². The maximum Gasteiger partial charge on any atom is 0.272 e. The Morgan fingerprint density at radius 2 is 2.41 bits per heavy atom. The van der Waals surface area contributed by atoms with Gasteiger partial charge in [0.05, 0.1) is 12.7 Å². The molecule has 0 aromatic carbocycles. The van der Waals surface area contributed by atoms with Crippen LogP contribution in [0.15, 0.2) is 24.7 Å². The number of aryl methyl sites for hydroxylation is 2. The Bertz CT molecular complexity index is 629. The van der Waals surface area contributed by atoms with Gasteiger partial charge in [-0.25, -0.2) is 9.97 Å². The summed E-state index contributed by atoms with van der Waals surface area (Å²) in [4.78, 5) is 22.5. The molecule has 7 heteroatoms. The predicted molar refractivity (Wildman–Crippen MR) is 79.3 cm³/mol. The van der Waals surface area contributed by atoms with E-state index in [1.165, 1.54) is 0 Å². The van der Waals surface area contributed by atoms with Gasteiger partial charge in [0.25, 0.3) is 5.91 Å². The second kappa shape index (κ2) is 6.65. The molecule has 1 atom stereocenters. The van der Waals surface area contributed by atoms with Crippen molar-refractivity contribution >= 4 is 5.91 Å². The zero-order valence-electron chi connectivity index (χ0n) is 12.5. The standard InChI is InChI=1S/C15H19N5O2/c1-11-8-12(17-10-16-11)2-3-13-9-20(6-7-22-13)15(21)14-4-5-18-19-14/h4-5,8,10,13H,2-3,6-7,9H2,1H3,(H,18,19)/t13-/m1/s1. The molecule has 0 bridgehead atoms. The van der Waals surface area contributed by atoms with Crippen LogP contribution in [0.1, 0.15) is 28.3 Å². The van der Waals surface area contributed by atoms with Crippen LogP contribution in [0.2, 0.25) is 0 Å². The Kier molecular flexibility index (Phi) is 4.43. The Morgan fingerprint density at radius 1 is 1.50 bits per heavy atom. The van der Waals surface area contributed by atoms with Crippen LogP contribution in [-0.2, 0) is 11.2 Å². The molecule has 1 aliphatic heterocycles. The summed E-state index contributed by atoms with van der Waals surface area (Å²) in [5, 5.41) is 6.54. The summed E-state index contributed by atoms with van der Waals surface area (Å²) < 4.78 is 5.76. The lowest BCUT2D eigenvalue weighted by atomic mass is 10.1. The largest absolute Gasteiger partial charge is 0.375 e. The lowest BCUT2D eigenvalue weighted by molar-refractivity contribution is -0.0248. The van der Waals surface area contributed by atoms with Gasteiger partial charge in [-0.15, -0.1) is 0 Å². The van der Waals surface area contributed by atoms with E-state index >= 15 is 0 Å². The molecule has 2 aromatic rings. The van der Waals surface area contributed by atoms with Crippen molar-refractivity contribution in [3.63, 3.8) is 0 Å². The normalized spacial score (nSPS) is 18.4. The second-order valence-electron chi connectivity index (χ2n) is 5.40. The highest BCUT2D eigenvalue weighted by atomic mass is 16.5. The van der Waals surface area contributed by atoms with Crippen molar-refractivity contribution in [2.24, 2.45) is 0 Å². The quantitative estimate of drug-likeness (QED) is 0.910. The van der Waals surface area contributed by atoms with Crippen LogP contribution in [-0.4, -0.2) is 56.8 Å². The maximum atomic E-state index is 12.3. The van der Waals surface area contributed by atoms with Crippen LogP contribution >= 0.6 is 0 Å². The topological polar surface area (TPSA) is 84.0 Å². The molecule has 1 fully saturated rings. The van der Waals surface area contributed by atoms with Crippen LogP contribution in [0.3, 0.4) is 0 Å². The molecule has 1 amide bonds. The Labute approximate surface area is 128 Å². The van der Waals surface area contributed by atoms with Crippen molar-refractivity contribution < 1.29 is 9.53 Å². The number of aromatic amines is 1. The van der Waals surface area contributed by atoms with Gasteiger partial charge >= 0.3 is 0 Å². The van der Waals surface area contributed by atoms with Crippen LogP contribution in [0.25, 0.3) is 0 Å². The zero-order valence-corrected chi connectivity index (χ0v) is 12.5. The minimum atomic E-state index is -0.0244. The average Bonchev–Trinajstić information content (AvgIpc) is 3.07. The molecule has 2 aromatic heterocycles. The fourth-order valence-electron chi connectivity index (χ4n) is 2.58. The number of aromatic nitrogens is 4. The Morgan fingerprint density at radius 3 is 3.18 bits per heavy atom. The average molecular weight is 301 g/mol. The van der Waals surface area contributed by atoms with Crippen LogP contribution < -0.4 is 0 Å². The van der Waals surface area contributed by atoms with Gasteiger partial charge in [0.2, 0.25) is 0 Å². The number of hydrogen-bond donors (Lipinski definition) is 1. The minimum Gasteiger partial charge on any atom is -0.375 e. The smallest absolute Gasteiger partial charge is 0.272 e. The zero-order chi connectivity index (χ0) is 15.4. The molecule has 1 N–H and O–H groups in total. The number of morpholine rings is 1. The third-order valence-corrected chi connectivity index (χ3v) is 3.74. The fourth-order valence-corrected chi connectivity index (χ4v) is 2.58. The molecule has 3 rings (SSSR count). The van der Waals surface area contributed by atoms with Gasteiger partial charge in [-0.3, -0.25) is 9.89 Å². The first-order valence-corrected chi connectivity index (χ1v) is 7.40. The number of amides is 1. The van der Waals surface area contributed by atoms with Crippen LogP contribution in [0.5, 0.6) is 0 Å². The van der Waals surface area contributed by atoms with E-state index in [0.717, 1.165) is 24.2 Å². The number of ether oxygens (including phenoxy) is 1. The molecule has 1 aliphatic rings. The number of carbonyl (C=O) groups is 1. The van der Waals surface area contributed by atoms with E-state index in [4.69, 9.17) is 4.74 Å². The number of hydrogen-bond acceptors (Lipinski definition) is 5. The molecule has 22 heavy (non-hydrogen) atoms. The molecule has 0 saturated carbocycles. The van der Waals surface area contributed by atoms with Crippen molar-refractivity contribution in [2.45, 2.75) is 25.9 Å². The maximum absolute atomic E-state index is 12.3. The SMILES string of the molecule is Cc1cc(CC[C@@H]2CN(C(=O)c3ccn[nH]3)CCO2)ncn1. The lowest BCUT2D eigenvalue weighted by Gasteiger charge is -2.32. The molecule has 0 spiro atoms. The van der Waals surface area contributed by atoms with Crippen molar-refractivity contribution in [1.29, 1.82) is 0 Å². The van der Waals surface area contributed by atoms with E-state index < -0.39 is 0 Å². The van der Waals surface area contributed by atoms with E-state index in [0.29, 0.717) is 25.4 Å². The van der Waals surface area contributed by atoms with Gasteiger partial charge in [0.1, 0.15) is 12.0 Å². The molecule has 7 nitrogen and oxygen atoms in total. The number of rotatable bonds is 4. The van der Waals surface area contributed by atoms with Gasteiger partial charge in [0, 0.05) is 30.7 Å². The molecule has 0 radical (unpaired) electrons. The van der Waals surface area contributed by atoms with Gasteiger partial charge in [0.15, 0.2) is 0 Å². The third-order valence-electron chi connectivity index (χ3n) is 3.74. The first kappa shape index (κ1) is 14.6. The van der Waals surface area contributed by atoms with E-state index in [9.17, 15) is 4.79 Å². The van der Waals surface area contributed by atoms with Gasteiger partial charge < -0.3 is 9.64 Å². The highest BCUT2D eigenvalue weighted by Crippen LogP contribution is 2.14. The monoisotopic (exact) mass is 301 g/mol. The molecular weight excluding hydrogens is 282 g/mol. The van der Waals surface area contributed by atoms with E-state index in [2.05, 4.69) is 20.2 Å². The van der Waals surface area contributed by atoms with Crippen molar-refractivity contribution in [2.75, 3.05) is 19.7 Å². The molecule has 3 heterocycles. The summed E-state index contributed by atoms with van der Waals surface area (Å²) in [7, 11) is 0. The highest BCUT2D eigenvalue weighted by Gasteiger charge is 2.25. The lowest BCUT2D eigenvalue weighted by Crippen LogP contribution is -2.45. The van der Waals surface area contributed by atoms with Crippen LogP contribution in [0.4, 0.5) is 0 Å². The van der Waals surface area contributed by atoms with Crippen LogP contribution in [0, 0.1) is 6.92 Å². The Balaban J connectivity index is 1.55. The number of nitrogens with zero attached hydrogens (tertiary/aromatic N) is 4. The predicted octanol–water partition coefficient (Wildman–Crippen LogP) is 0.982. The molecule has 1 saturated heterocycles. The molecular formula is C15H19N5O2. The number of nitrogens with one attached hydrogen (secondary N) is 1. The second-order valence-corrected chi connectivity index (χ2v) is 5.40. The summed E-state index contributed by atoms with van der Waals surface area (Å²) in [6, 6.07) is 3.67. The molecule has 0 aliphatic carbocycles. The Hall–Kier alpha value is -2.28.